The molecule has 2 aromatic carbocycles. The first-order valence-corrected chi connectivity index (χ1v) is 8.23. The molecule has 1 heterocycles. The summed E-state index contributed by atoms with van der Waals surface area (Å²) >= 11 is 6.37. The molecule has 1 aromatic heterocycles. The molecule has 1 unspecified atom stereocenters. The van der Waals surface area contributed by atoms with E-state index in [-0.39, 0.29) is 40.3 Å². The second kappa shape index (κ2) is 6.11. The van der Waals surface area contributed by atoms with Crippen LogP contribution in [0.2, 0.25) is 0 Å². The van der Waals surface area contributed by atoms with Crippen molar-refractivity contribution in [2.75, 3.05) is 0 Å². The molecule has 3 aromatic rings. The number of carbonyl (C=O) groups is 1. The van der Waals surface area contributed by atoms with Gasteiger partial charge >= 0.3 is 0 Å². The van der Waals surface area contributed by atoms with E-state index in [0.717, 1.165) is 0 Å². The Kier molecular flexibility index (Phi) is 3.66. The lowest BCUT2D eigenvalue weighted by Gasteiger charge is -2.07. The van der Waals surface area contributed by atoms with Crippen LogP contribution in [-0.2, 0) is 0 Å². The lowest BCUT2D eigenvalue weighted by Crippen LogP contribution is -2.06. The number of aliphatic hydroxyl groups excluding tert-OH is 1. The molecular formula is C17H12Br2O4. The molecule has 0 bridgehead atoms. The van der Waals surface area contributed by atoms with E-state index in [1.54, 1.807) is 0 Å². The van der Waals surface area contributed by atoms with Crippen molar-refractivity contribution in [3.63, 3.8) is 0 Å². The molecule has 2 N–H and O–H groups in total. The van der Waals surface area contributed by atoms with Gasteiger partial charge in [-0.25, -0.2) is 0 Å². The van der Waals surface area contributed by atoms with Crippen molar-refractivity contribution in [2.45, 2.75) is 13.0 Å². The summed E-state index contributed by atoms with van der Waals surface area (Å²) in [5.74, 6) is -0.438. The Bertz CT molecular complexity index is 989. The van der Waals surface area contributed by atoms with Gasteiger partial charge in [0.25, 0.3) is 0 Å². The molecule has 0 fully saturated rings. The summed E-state index contributed by atoms with van der Waals surface area (Å²) in [5.41, 5.74) is 0.507. The molecule has 23 heavy (non-hydrogen) atoms. The lowest BCUT2D eigenvalue weighted by molar-refractivity contribution is 0.102. The Hall–Kier alpha value is -1.63. The van der Waals surface area contributed by atoms with Crippen molar-refractivity contribution >= 4 is 48.6 Å². The van der Waals surface area contributed by atoms with Crippen LogP contribution in [0.4, 0.5) is 0 Å². The van der Waals surface area contributed by atoms with Gasteiger partial charge in [-0.1, -0.05) is 18.2 Å². The van der Waals surface area contributed by atoms with Gasteiger partial charge in [0, 0.05) is 10.9 Å². The molecule has 3 rings (SSSR count). The molecule has 0 radical (unpaired) electrons. The summed E-state index contributed by atoms with van der Waals surface area (Å²) in [5, 5.41) is 20.1. The molecule has 0 aliphatic rings. The van der Waals surface area contributed by atoms with Gasteiger partial charge in [0.15, 0.2) is 5.78 Å². The SMILES string of the molecule is [2H]c1cc([2H])c2oc(C(C)O)c(C(=O)c3cc(Br)c(O)c(Br)c3)c2c1. The number of phenols is 1. The molecule has 0 amide bonds. The number of aromatic hydroxyl groups is 1. The highest BCUT2D eigenvalue weighted by Gasteiger charge is 2.25. The van der Waals surface area contributed by atoms with E-state index >= 15 is 0 Å². The maximum atomic E-state index is 13.1. The predicted octanol–water partition coefficient (Wildman–Crippen LogP) is 4.95. The first kappa shape index (κ1) is 13.8. The number of hydrogen-bond acceptors (Lipinski definition) is 4. The average Bonchev–Trinajstić information content (AvgIpc) is 2.91. The van der Waals surface area contributed by atoms with Crippen LogP contribution in [0.5, 0.6) is 5.75 Å². The monoisotopic (exact) mass is 440 g/mol. The van der Waals surface area contributed by atoms with E-state index in [9.17, 15) is 15.0 Å². The number of aliphatic hydroxyl groups is 1. The minimum absolute atomic E-state index is 0.0310. The quantitative estimate of drug-likeness (QED) is 0.564. The van der Waals surface area contributed by atoms with Gasteiger partial charge in [-0.3, -0.25) is 4.79 Å². The van der Waals surface area contributed by atoms with Crippen LogP contribution in [-0.4, -0.2) is 16.0 Å². The van der Waals surface area contributed by atoms with Crippen LogP contribution in [0.1, 0.15) is 37.5 Å². The van der Waals surface area contributed by atoms with Crippen LogP contribution in [0, 0.1) is 0 Å². The van der Waals surface area contributed by atoms with Gasteiger partial charge in [0.2, 0.25) is 0 Å². The molecule has 0 saturated heterocycles. The average molecular weight is 442 g/mol. The molecule has 0 saturated carbocycles. The summed E-state index contributed by atoms with van der Waals surface area (Å²) in [4.78, 5) is 13.1. The normalized spacial score (nSPS) is 13.7. The van der Waals surface area contributed by atoms with Crippen molar-refractivity contribution < 1.29 is 22.2 Å². The number of phenolic OH excluding ortho intramolecular Hbond substituents is 1. The molecule has 118 valence electrons. The summed E-state index contributed by atoms with van der Waals surface area (Å²) in [6.07, 6.45) is -1.07. The van der Waals surface area contributed by atoms with Crippen LogP contribution < -0.4 is 0 Å². The minimum atomic E-state index is -1.07. The molecule has 4 nitrogen and oxygen atoms in total. The Morgan fingerprint density at radius 2 is 2.00 bits per heavy atom. The number of rotatable bonds is 3. The van der Waals surface area contributed by atoms with E-state index in [2.05, 4.69) is 31.9 Å². The molecule has 1 atom stereocenters. The maximum Gasteiger partial charge on any atom is 0.197 e. The van der Waals surface area contributed by atoms with Crippen LogP contribution in [0.15, 0.2) is 49.7 Å². The first-order chi connectivity index (χ1) is 11.7. The lowest BCUT2D eigenvalue weighted by atomic mass is 9.98. The summed E-state index contributed by atoms with van der Waals surface area (Å²) in [6.45, 7) is 1.46. The summed E-state index contributed by atoms with van der Waals surface area (Å²) in [7, 11) is 0. The maximum absolute atomic E-state index is 13.1. The number of fused-ring (bicyclic) bond motifs is 1. The van der Waals surface area contributed by atoms with E-state index in [0.29, 0.717) is 14.3 Å². The van der Waals surface area contributed by atoms with Crippen molar-refractivity contribution in [3.05, 3.63) is 62.2 Å². The third-order valence-electron chi connectivity index (χ3n) is 3.37. The molecule has 6 heteroatoms. The summed E-state index contributed by atoms with van der Waals surface area (Å²) < 4.78 is 22.0. The Labute approximate surface area is 151 Å². The first-order valence-electron chi connectivity index (χ1n) is 7.65. The zero-order valence-corrected chi connectivity index (χ0v) is 15.0. The van der Waals surface area contributed by atoms with Gasteiger partial charge < -0.3 is 14.6 Å². The van der Waals surface area contributed by atoms with Gasteiger partial charge in [-0.05, 0) is 57.0 Å². The third-order valence-corrected chi connectivity index (χ3v) is 4.58. The van der Waals surface area contributed by atoms with Gasteiger partial charge in [-0.2, -0.15) is 0 Å². The highest BCUT2D eigenvalue weighted by Crippen LogP contribution is 2.36. The Morgan fingerprint density at radius 1 is 1.35 bits per heavy atom. The zero-order chi connectivity index (χ0) is 18.5. The molecule has 0 spiro atoms. The third kappa shape index (κ3) is 2.82. The fraction of sp³-hybridized carbons (Fsp3) is 0.118. The standard InChI is InChI=1S/C17H12Br2O4/c1-8(20)17-14(10-4-2-3-5-13(10)23-17)15(21)9-6-11(18)16(22)12(19)7-9/h2-8,20,22H,1H3/i2D,5D. The second-order valence-corrected chi connectivity index (χ2v) is 6.69. The van der Waals surface area contributed by atoms with Gasteiger partial charge in [-0.15, -0.1) is 0 Å². The number of carbonyl (C=O) groups excluding carboxylic acids is 1. The van der Waals surface area contributed by atoms with E-state index in [1.807, 2.05) is 0 Å². The van der Waals surface area contributed by atoms with Crippen molar-refractivity contribution in [1.29, 1.82) is 0 Å². The predicted molar refractivity (Wildman–Crippen MR) is 93.8 cm³/mol. The van der Waals surface area contributed by atoms with Gasteiger partial charge in [0.05, 0.1) is 17.3 Å². The minimum Gasteiger partial charge on any atom is -0.506 e. The number of ketones is 1. The molecule has 0 aliphatic carbocycles. The van der Waals surface area contributed by atoms with Crippen LogP contribution in [0.25, 0.3) is 11.0 Å². The van der Waals surface area contributed by atoms with Crippen LogP contribution >= 0.6 is 31.9 Å². The van der Waals surface area contributed by atoms with Gasteiger partial charge in [0.1, 0.15) is 23.2 Å². The largest absolute Gasteiger partial charge is 0.506 e. The number of halogens is 2. The van der Waals surface area contributed by atoms with E-state index < -0.39 is 11.9 Å². The van der Waals surface area contributed by atoms with E-state index in [4.69, 9.17) is 7.16 Å². The number of hydrogen-bond donors (Lipinski definition) is 2. The van der Waals surface area contributed by atoms with Crippen molar-refractivity contribution in [3.8, 4) is 5.75 Å². The zero-order valence-electron chi connectivity index (χ0n) is 13.9. The highest BCUT2D eigenvalue weighted by molar-refractivity contribution is 9.11. The smallest absolute Gasteiger partial charge is 0.197 e. The fourth-order valence-electron chi connectivity index (χ4n) is 2.31. The van der Waals surface area contributed by atoms with Crippen molar-refractivity contribution in [2.24, 2.45) is 0 Å². The number of benzene rings is 2. The second-order valence-electron chi connectivity index (χ2n) is 4.98. The molecular weight excluding hydrogens is 428 g/mol. The highest BCUT2D eigenvalue weighted by atomic mass is 79.9. The molecule has 0 aliphatic heterocycles. The Morgan fingerprint density at radius 3 is 2.61 bits per heavy atom. The topological polar surface area (TPSA) is 70.7 Å². The summed E-state index contributed by atoms with van der Waals surface area (Å²) in [6, 6.07) is 5.69. The fourth-order valence-corrected chi connectivity index (χ4v) is 3.50. The number of para-hydroxylation sites is 1. The Balaban J connectivity index is 2.30. The van der Waals surface area contributed by atoms with Crippen molar-refractivity contribution in [1.82, 2.24) is 0 Å². The van der Waals surface area contributed by atoms with E-state index in [1.165, 1.54) is 31.2 Å². The van der Waals surface area contributed by atoms with Crippen LogP contribution in [0.3, 0.4) is 0 Å². The number of furan rings is 1.